The molecule has 0 bridgehead atoms. The average Bonchev–Trinajstić information content (AvgIpc) is 3.18. The Labute approximate surface area is 123 Å². The van der Waals surface area contributed by atoms with E-state index in [4.69, 9.17) is 0 Å². The molecule has 20 heavy (non-hydrogen) atoms. The zero-order chi connectivity index (χ0) is 14.6. The summed E-state index contributed by atoms with van der Waals surface area (Å²) < 4.78 is 13.8. The molecule has 0 saturated heterocycles. The summed E-state index contributed by atoms with van der Waals surface area (Å²) in [6.45, 7) is 7.86. The third-order valence-corrected chi connectivity index (χ3v) is 4.04. The lowest BCUT2D eigenvalue weighted by Crippen LogP contribution is -2.27. The van der Waals surface area contributed by atoms with Gasteiger partial charge in [0.2, 0.25) is 0 Å². The Morgan fingerprint density at radius 2 is 1.95 bits per heavy atom. The van der Waals surface area contributed by atoms with Crippen LogP contribution >= 0.6 is 0 Å². The van der Waals surface area contributed by atoms with Crippen molar-refractivity contribution in [2.75, 3.05) is 6.54 Å². The van der Waals surface area contributed by atoms with Gasteiger partial charge in [-0.15, -0.1) is 0 Å². The second-order valence-electron chi connectivity index (χ2n) is 7.44. The van der Waals surface area contributed by atoms with Crippen molar-refractivity contribution in [2.45, 2.75) is 58.9 Å². The van der Waals surface area contributed by atoms with E-state index < -0.39 is 0 Å². The molecule has 1 aromatic carbocycles. The van der Waals surface area contributed by atoms with Gasteiger partial charge >= 0.3 is 0 Å². The smallest absolute Gasteiger partial charge is 0.126 e. The van der Waals surface area contributed by atoms with Crippen molar-refractivity contribution in [1.82, 2.24) is 5.32 Å². The van der Waals surface area contributed by atoms with E-state index in [-0.39, 0.29) is 5.82 Å². The van der Waals surface area contributed by atoms with Crippen LogP contribution in [0, 0.1) is 17.2 Å². The topological polar surface area (TPSA) is 12.0 Å². The maximum absolute atomic E-state index is 13.8. The lowest BCUT2D eigenvalue weighted by atomic mass is 9.84. The number of rotatable bonds is 7. The van der Waals surface area contributed by atoms with Gasteiger partial charge in [-0.05, 0) is 61.6 Å². The first-order valence-corrected chi connectivity index (χ1v) is 7.91. The molecule has 0 aromatic heterocycles. The first kappa shape index (κ1) is 15.5. The number of hydrogen-bond acceptors (Lipinski definition) is 1. The van der Waals surface area contributed by atoms with Gasteiger partial charge in [0.15, 0.2) is 0 Å². The number of halogens is 1. The van der Waals surface area contributed by atoms with Crippen LogP contribution < -0.4 is 5.32 Å². The molecule has 1 aromatic rings. The molecule has 1 aliphatic rings. The minimum atomic E-state index is -0.0559. The van der Waals surface area contributed by atoms with Gasteiger partial charge < -0.3 is 5.32 Å². The fraction of sp³-hybridized carbons (Fsp3) is 0.667. The monoisotopic (exact) mass is 277 g/mol. The van der Waals surface area contributed by atoms with E-state index in [2.05, 4.69) is 26.1 Å². The van der Waals surface area contributed by atoms with E-state index in [1.54, 1.807) is 12.1 Å². The van der Waals surface area contributed by atoms with Crippen LogP contribution in [0.3, 0.4) is 0 Å². The maximum atomic E-state index is 13.8. The molecule has 2 heteroatoms. The minimum Gasteiger partial charge on any atom is -0.314 e. The molecule has 0 heterocycles. The van der Waals surface area contributed by atoms with E-state index in [0.29, 0.717) is 11.3 Å². The molecular weight excluding hydrogens is 249 g/mol. The third kappa shape index (κ3) is 5.62. The highest BCUT2D eigenvalue weighted by atomic mass is 19.1. The molecule has 0 spiro atoms. The quantitative estimate of drug-likeness (QED) is 0.770. The molecule has 1 aliphatic carbocycles. The summed E-state index contributed by atoms with van der Waals surface area (Å²) in [5.41, 5.74) is 1.22. The first-order chi connectivity index (χ1) is 9.44. The summed E-state index contributed by atoms with van der Waals surface area (Å²) in [5, 5.41) is 3.61. The van der Waals surface area contributed by atoms with E-state index in [1.807, 2.05) is 12.1 Å². The highest BCUT2D eigenvalue weighted by molar-refractivity contribution is 5.17. The van der Waals surface area contributed by atoms with E-state index in [9.17, 15) is 4.39 Å². The molecule has 0 amide bonds. The SMILES string of the molecule is CC(C)(C)CCC(CNC1CC1)Cc1ccccc1F. The van der Waals surface area contributed by atoms with Gasteiger partial charge in [-0.25, -0.2) is 4.39 Å². The molecular formula is C18H28FN. The Morgan fingerprint density at radius 1 is 1.25 bits per heavy atom. The minimum absolute atomic E-state index is 0.0559. The van der Waals surface area contributed by atoms with Crippen molar-refractivity contribution >= 4 is 0 Å². The van der Waals surface area contributed by atoms with Crippen molar-refractivity contribution in [3.63, 3.8) is 0 Å². The second-order valence-corrected chi connectivity index (χ2v) is 7.44. The van der Waals surface area contributed by atoms with E-state index >= 15 is 0 Å². The molecule has 1 fully saturated rings. The van der Waals surface area contributed by atoms with E-state index in [1.165, 1.54) is 19.3 Å². The summed E-state index contributed by atoms with van der Waals surface area (Å²) in [6, 6.07) is 7.94. The molecule has 0 aliphatic heterocycles. The van der Waals surface area contributed by atoms with Crippen LogP contribution in [0.1, 0.15) is 52.0 Å². The van der Waals surface area contributed by atoms with Gasteiger partial charge in [-0.1, -0.05) is 39.0 Å². The Kier molecular flexibility index (Phi) is 5.20. The molecule has 112 valence electrons. The van der Waals surface area contributed by atoms with Crippen molar-refractivity contribution < 1.29 is 4.39 Å². The van der Waals surface area contributed by atoms with Gasteiger partial charge in [0.25, 0.3) is 0 Å². The molecule has 0 radical (unpaired) electrons. The Morgan fingerprint density at radius 3 is 2.55 bits per heavy atom. The average molecular weight is 277 g/mol. The summed E-state index contributed by atoms with van der Waals surface area (Å²) in [4.78, 5) is 0. The van der Waals surface area contributed by atoms with Crippen LogP contribution in [-0.2, 0) is 6.42 Å². The van der Waals surface area contributed by atoms with Crippen LogP contribution in [0.15, 0.2) is 24.3 Å². The summed E-state index contributed by atoms with van der Waals surface area (Å²) in [5.74, 6) is 0.478. The van der Waals surface area contributed by atoms with Crippen LogP contribution in [0.2, 0.25) is 0 Å². The lowest BCUT2D eigenvalue weighted by Gasteiger charge is -2.24. The van der Waals surface area contributed by atoms with Crippen LogP contribution in [0.4, 0.5) is 4.39 Å². The van der Waals surface area contributed by atoms with Crippen molar-refractivity contribution in [3.05, 3.63) is 35.6 Å². The van der Waals surface area contributed by atoms with E-state index in [0.717, 1.165) is 31.0 Å². The predicted octanol–water partition coefficient (Wildman–Crippen LogP) is 4.56. The largest absolute Gasteiger partial charge is 0.314 e. The van der Waals surface area contributed by atoms with Gasteiger partial charge in [0, 0.05) is 6.04 Å². The highest BCUT2D eigenvalue weighted by Crippen LogP contribution is 2.27. The number of hydrogen-bond donors (Lipinski definition) is 1. The zero-order valence-electron chi connectivity index (χ0n) is 13.1. The zero-order valence-corrected chi connectivity index (χ0v) is 13.1. The number of nitrogens with one attached hydrogen (secondary N) is 1. The van der Waals surface area contributed by atoms with Gasteiger partial charge in [0.05, 0.1) is 0 Å². The fourth-order valence-electron chi connectivity index (χ4n) is 2.51. The maximum Gasteiger partial charge on any atom is 0.126 e. The summed E-state index contributed by atoms with van der Waals surface area (Å²) >= 11 is 0. The van der Waals surface area contributed by atoms with Crippen LogP contribution in [0.25, 0.3) is 0 Å². The summed E-state index contributed by atoms with van der Waals surface area (Å²) in [6.07, 6.45) is 5.83. The molecule has 1 N–H and O–H groups in total. The Bertz CT molecular complexity index is 418. The van der Waals surface area contributed by atoms with Gasteiger partial charge in [0.1, 0.15) is 5.82 Å². The van der Waals surface area contributed by atoms with Crippen LogP contribution in [-0.4, -0.2) is 12.6 Å². The predicted molar refractivity (Wildman–Crippen MR) is 83.3 cm³/mol. The van der Waals surface area contributed by atoms with Gasteiger partial charge in [-0.3, -0.25) is 0 Å². The lowest BCUT2D eigenvalue weighted by molar-refractivity contribution is 0.312. The molecule has 1 nitrogen and oxygen atoms in total. The fourth-order valence-corrected chi connectivity index (χ4v) is 2.51. The molecule has 2 rings (SSSR count). The highest BCUT2D eigenvalue weighted by Gasteiger charge is 2.23. The standard InChI is InChI=1S/C18H28FN/c1-18(2,3)11-10-14(13-20-16-8-9-16)12-15-6-4-5-7-17(15)19/h4-7,14,16,20H,8-13H2,1-3H3. The first-order valence-electron chi connectivity index (χ1n) is 7.91. The van der Waals surface area contributed by atoms with Crippen LogP contribution in [0.5, 0.6) is 0 Å². The molecule has 1 saturated carbocycles. The summed E-state index contributed by atoms with van der Waals surface area (Å²) in [7, 11) is 0. The number of benzene rings is 1. The molecule has 1 atom stereocenters. The Balaban J connectivity index is 1.91. The Hall–Kier alpha value is -0.890. The van der Waals surface area contributed by atoms with Crippen molar-refractivity contribution in [2.24, 2.45) is 11.3 Å². The second kappa shape index (κ2) is 6.71. The normalized spacial score (nSPS) is 17.2. The van der Waals surface area contributed by atoms with Crippen molar-refractivity contribution in [3.8, 4) is 0 Å². The molecule has 1 unspecified atom stereocenters. The third-order valence-electron chi connectivity index (χ3n) is 4.04. The van der Waals surface area contributed by atoms with Crippen molar-refractivity contribution in [1.29, 1.82) is 0 Å². The van der Waals surface area contributed by atoms with Gasteiger partial charge in [-0.2, -0.15) is 0 Å².